The van der Waals surface area contributed by atoms with Gasteiger partial charge in [0.05, 0.1) is 0 Å². The number of carboxylic acid groups (broad SMARTS) is 2. The van der Waals surface area contributed by atoms with E-state index in [1.807, 2.05) is 0 Å². The van der Waals surface area contributed by atoms with Gasteiger partial charge in [0, 0.05) is 12.8 Å². The number of Topliss-reactive ketones (excluding diaryl/α,β-unsaturated/α-hetero) is 1. The standard InChI is InChI=1S/C16H28O5/c1-2-3-4-5-6-7-8-11-14(17)13(16(20)21)10-9-12-15(18)19/h13H,2-12H2,1H3,(H,18,19)(H,20,21). The second-order valence-electron chi connectivity index (χ2n) is 5.51. The van der Waals surface area contributed by atoms with Gasteiger partial charge in [0.15, 0.2) is 0 Å². The summed E-state index contributed by atoms with van der Waals surface area (Å²) >= 11 is 0. The number of carbonyl (C=O) groups is 3. The molecule has 0 saturated carbocycles. The highest BCUT2D eigenvalue weighted by Crippen LogP contribution is 2.15. The van der Waals surface area contributed by atoms with Gasteiger partial charge >= 0.3 is 11.9 Å². The lowest BCUT2D eigenvalue weighted by Crippen LogP contribution is -2.24. The summed E-state index contributed by atoms with van der Waals surface area (Å²) in [6.07, 6.45) is 8.16. The molecular weight excluding hydrogens is 272 g/mol. The molecule has 122 valence electrons. The number of rotatable bonds is 14. The molecule has 0 spiro atoms. The van der Waals surface area contributed by atoms with E-state index in [2.05, 4.69) is 6.92 Å². The number of hydrogen-bond acceptors (Lipinski definition) is 3. The minimum absolute atomic E-state index is 0.0888. The molecule has 1 atom stereocenters. The molecule has 0 aromatic heterocycles. The number of carboxylic acids is 2. The summed E-state index contributed by atoms with van der Waals surface area (Å²) in [4.78, 5) is 33.3. The molecule has 5 heteroatoms. The van der Waals surface area contributed by atoms with E-state index in [9.17, 15) is 14.4 Å². The number of ketones is 1. The maximum atomic E-state index is 11.9. The first-order chi connectivity index (χ1) is 9.99. The lowest BCUT2D eigenvalue weighted by Gasteiger charge is -2.10. The highest BCUT2D eigenvalue weighted by Gasteiger charge is 2.25. The summed E-state index contributed by atoms with van der Waals surface area (Å²) in [5.74, 6) is -3.39. The van der Waals surface area contributed by atoms with Gasteiger partial charge in [0.25, 0.3) is 0 Å². The van der Waals surface area contributed by atoms with Crippen LogP contribution in [0.25, 0.3) is 0 Å². The van der Waals surface area contributed by atoms with Crippen LogP contribution in [0.3, 0.4) is 0 Å². The summed E-state index contributed by atoms with van der Waals surface area (Å²) < 4.78 is 0. The first kappa shape index (κ1) is 19.6. The van der Waals surface area contributed by atoms with Crippen LogP contribution in [0, 0.1) is 5.92 Å². The summed E-state index contributed by atoms with van der Waals surface area (Å²) in [7, 11) is 0. The van der Waals surface area contributed by atoms with Gasteiger partial charge in [-0.1, -0.05) is 45.4 Å². The molecule has 0 heterocycles. The Balaban J connectivity index is 3.86. The van der Waals surface area contributed by atoms with Gasteiger partial charge in [-0.2, -0.15) is 0 Å². The monoisotopic (exact) mass is 300 g/mol. The van der Waals surface area contributed by atoms with Crippen molar-refractivity contribution in [3.63, 3.8) is 0 Å². The van der Waals surface area contributed by atoms with Crippen LogP contribution in [0.5, 0.6) is 0 Å². The molecule has 0 aromatic rings. The Morgan fingerprint density at radius 2 is 1.38 bits per heavy atom. The minimum atomic E-state index is -1.13. The largest absolute Gasteiger partial charge is 0.481 e. The van der Waals surface area contributed by atoms with Gasteiger partial charge in [0.2, 0.25) is 0 Å². The smallest absolute Gasteiger partial charge is 0.314 e. The lowest BCUT2D eigenvalue weighted by atomic mass is 9.93. The topological polar surface area (TPSA) is 91.7 Å². The van der Waals surface area contributed by atoms with Crippen LogP contribution < -0.4 is 0 Å². The molecular formula is C16H28O5. The van der Waals surface area contributed by atoms with Gasteiger partial charge in [-0.15, -0.1) is 0 Å². The molecule has 0 aliphatic heterocycles. The van der Waals surface area contributed by atoms with E-state index in [1.54, 1.807) is 0 Å². The van der Waals surface area contributed by atoms with Crippen LogP contribution in [0.2, 0.25) is 0 Å². The quantitative estimate of drug-likeness (QED) is 0.377. The lowest BCUT2D eigenvalue weighted by molar-refractivity contribution is -0.147. The Morgan fingerprint density at radius 1 is 0.810 bits per heavy atom. The second kappa shape index (κ2) is 12.4. The van der Waals surface area contributed by atoms with E-state index < -0.39 is 17.9 Å². The Labute approximate surface area is 126 Å². The summed E-state index contributed by atoms with van der Waals surface area (Å²) in [5, 5.41) is 17.6. The molecule has 0 fully saturated rings. The predicted octanol–water partition coefficient (Wildman–Crippen LogP) is 3.65. The van der Waals surface area contributed by atoms with E-state index in [-0.39, 0.29) is 31.5 Å². The summed E-state index contributed by atoms with van der Waals surface area (Å²) in [6, 6.07) is 0. The van der Waals surface area contributed by atoms with Gasteiger partial charge in [-0.3, -0.25) is 14.4 Å². The Kier molecular flexibility index (Phi) is 11.5. The molecule has 5 nitrogen and oxygen atoms in total. The van der Waals surface area contributed by atoms with Gasteiger partial charge in [-0.05, 0) is 19.3 Å². The zero-order valence-electron chi connectivity index (χ0n) is 13.0. The number of hydrogen-bond donors (Lipinski definition) is 2. The third-order valence-corrected chi connectivity index (χ3v) is 3.60. The Hall–Kier alpha value is -1.39. The van der Waals surface area contributed by atoms with E-state index in [1.165, 1.54) is 25.7 Å². The van der Waals surface area contributed by atoms with Crippen molar-refractivity contribution in [3.8, 4) is 0 Å². The second-order valence-corrected chi connectivity index (χ2v) is 5.51. The summed E-state index contributed by atoms with van der Waals surface area (Å²) in [5.41, 5.74) is 0. The van der Waals surface area contributed by atoms with Crippen molar-refractivity contribution in [3.05, 3.63) is 0 Å². The van der Waals surface area contributed by atoms with Crippen molar-refractivity contribution >= 4 is 17.7 Å². The van der Waals surface area contributed by atoms with Crippen LogP contribution in [-0.4, -0.2) is 27.9 Å². The molecule has 0 radical (unpaired) electrons. The summed E-state index contributed by atoms with van der Waals surface area (Å²) in [6.45, 7) is 2.16. The van der Waals surface area contributed by atoms with Crippen LogP contribution >= 0.6 is 0 Å². The number of carbonyl (C=O) groups excluding carboxylic acids is 1. The molecule has 21 heavy (non-hydrogen) atoms. The van der Waals surface area contributed by atoms with Crippen molar-refractivity contribution in [1.82, 2.24) is 0 Å². The van der Waals surface area contributed by atoms with Crippen LogP contribution in [0.1, 0.15) is 77.6 Å². The number of unbranched alkanes of at least 4 members (excludes halogenated alkanes) is 6. The van der Waals surface area contributed by atoms with E-state index >= 15 is 0 Å². The maximum absolute atomic E-state index is 11.9. The third-order valence-electron chi connectivity index (χ3n) is 3.60. The van der Waals surface area contributed by atoms with Gasteiger partial charge < -0.3 is 10.2 Å². The molecule has 0 bridgehead atoms. The fraction of sp³-hybridized carbons (Fsp3) is 0.812. The normalized spacial score (nSPS) is 12.0. The van der Waals surface area contributed by atoms with Crippen molar-refractivity contribution < 1.29 is 24.6 Å². The predicted molar refractivity (Wildman–Crippen MR) is 80.2 cm³/mol. The molecule has 0 aliphatic carbocycles. The Bertz CT molecular complexity index is 325. The van der Waals surface area contributed by atoms with Crippen molar-refractivity contribution in [2.75, 3.05) is 0 Å². The maximum Gasteiger partial charge on any atom is 0.314 e. The first-order valence-corrected chi connectivity index (χ1v) is 7.96. The molecule has 2 N–H and O–H groups in total. The molecule has 1 unspecified atom stereocenters. The fourth-order valence-electron chi connectivity index (χ4n) is 2.31. The minimum Gasteiger partial charge on any atom is -0.481 e. The van der Waals surface area contributed by atoms with E-state index in [0.717, 1.165) is 19.3 Å². The van der Waals surface area contributed by atoms with Gasteiger partial charge in [0.1, 0.15) is 11.7 Å². The van der Waals surface area contributed by atoms with E-state index in [4.69, 9.17) is 10.2 Å². The zero-order chi connectivity index (χ0) is 16.1. The highest BCUT2D eigenvalue weighted by atomic mass is 16.4. The van der Waals surface area contributed by atoms with Crippen LogP contribution in [0.15, 0.2) is 0 Å². The number of aliphatic carboxylic acids is 2. The van der Waals surface area contributed by atoms with Crippen molar-refractivity contribution in [2.24, 2.45) is 5.92 Å². The van der Waals surface area contributed by atoms with Crippen LogP contribution in [0.4, 0.5) is 0 Å². The SMILES string of the molecule is CCCCCCCCCC(=O)C(CCCC(=O)O)C(=O)O. The van der Waals surface area contributed by atoms with Crippen molar-refractivity contribution in [2.45, 2.75) is 77.6 Å². The average molecular weight is 300 g/mol. The Morgan fingerprint density at radius 3 is 1.90 bits per heavy atom. The van der Waals surface area contributed by atoms with Gasteiger partial charge in [-0.25, -0.2) is 0 Å². The van der Waals surface area contributed by atoms with Crippen LogP contribution in [-0.2, 0) is 14.4 Å². The molecule has 0 amide bonds. The molecule has 0 aromatic carbocycles. The zero-order valence-corrected chi connectivity index (χ0v) is 13.0. The van der Waals surface area contributed by atoms with Crippen molar-refractivity contribution in [1.29, 1.82) is 0 Å². The fourth-order valence-corrected chi connectivity index (χ4v) is 2.31. The third kappa shape index (κ3) is 11.0. The molecule has 0 saturated heterocycles. The first-order valence-electron chi connectivity index (χ1n) is 7.96. The average Bonchev–Trinajstić information content (AvgIpc) is 2.41. The van der Waals surface area contributed by atoms with E-state index in [0.29, 0.717) is 0 Å². The highest BCUT2D eigenvalue weighted by molar-refractivity contribution is 5.98. The molecule has 0 rings (SSSR count). The molecule has 0 aliphatic rings.